The Morgan fingerprint density at radius 3 is 1.63 bits per heavy atom. The van der Waals surface area contributed by atoms with Crippen molar-refractivity contribution in [1.29, 1.82) is 0 Å². The van der Waals surface area contributed by atoms with Crippen LogP contribution in [0.1, 0.15) is 103 Å². The summed E-state index contributed by atoms with van der Waals surface area (Å²) in [5.74, 6) is -0.194. The molecule has 6 heteroatoms. The molecule has 0 amide bonds. The van der Waals surface area contributed by atoms with E-state index in [0.29, 0.717) is 6.54 Å². The number of unbranched alkanes of at least 4 members (excludes halogenated alkanes) is 13. The molecular weight excluding hydrogens is 369 g/mol. The minimum absolute atomic E-state index is 0. The first-order chi connectivity index (χ1) is 12.6. The molecule has 0 aromatic carbocycles. The zero-order valence-electron chi connectivity index (χ0n) is 17.1. The molecule has 0 atom stereocenters. The normalized spacial score (nSPS) is 11.8. The molecule has 2 N–H and O–H groups in total. The molecule has 0 heterocycles. The van der Waals surface area contributed by atoms with E-state index in [0.717, 1.165) is 13.0 Å². The molecule has 4 nitrogen and oxygen atoms in total. The van der Waals surface area contributed by atoms with Crippen molar-refractivity contribution in [2.24, 2.45) is 0 Å². The average Bonchev–Trinajstić information content (AvgIpc) is 2.59. The average molecular weight is 414 g/mol. The third kappa shape index (κ3) is 28.9. The Hall–Kier alpha value is 0.610. The Balaban J connectivity index is 0. The van der Waals surface area contributed by atoms with Crippen LogP contribution in [0.15, 0.2) is 12.2 Å². The zero-order chi connectivity index (χ0) is 19.3. The van der Waals surface area contributed by atoms with Crippen LogP contribution in [0.3, 0.4) is 0 Å². The minimum atomic E-state index is -3.82. The van der Waals surface area contributed by atoms with Crippen LogP contribution in [-0.2, 0) is 10.1 Å². The van der Waals surface area contributed by atoms with E-state index >= 15 is 0 Å². The summed E-state index contributed by atoms with van der Waals surface area (Å²) < 4.78 is 29.7. The summed E-state index contributed by atoms with van der Waals surface area (Å²) in [6.07, 6.45) is 24.3. The van der Waals surface area contributed by atoms with Gasteiger partial charge in [0.25, 0.3) is 10.1 Å². The molecule has 0 saturated heterocycles. The van der Waals surface area contributed by atoms with Crippen LogP contribution in [0.4, 0.5) is 0 Å². The maximum atomic E-state index is 10.5. The first kappa shape index (κ1) is 29.8. The van der Waals surface area contributed by atoms with Gasteiger partial charge >= 0.3 is 29.6 Å². The summed E-state index contributed by atoms with van der Waals surface area (Å²) in [5.41, 5.74) is 0. The fraction of sp³-hybridized carbons (Fsp3) is 0.905. The second-order valence-corrected chi connectivity index (χ2v) is 8.90. The molecule has 0 aliphatic heterocycles. The van der Waals surface area contributed by atoms with Gasteiger partial charge in [-0.15, -0.1) is 0 Å². The van der Waals surface area contributed by atoms with E-state index in [2.05, 4.69) is 24.4 Å². The summed E-state index contributed by atoms with van der Waals surface area (Å²) in [6, 6.07) is 0. The first-order valence-electron chi connectivity index (χ1n) is 10.9. The van der Waals surface area contributed by atoms with Crippen molar-refractivity contribution in [3.05, 3.63) is 12.2 Å². The molecule has 0 aromatic heterocycles. The van der Waals surface area contributed by atoms with Crippen LogP contribution in [-0.4, -0.2) is 61.4 Å². The van der Waals surface area contributed by atoms with Gasteiger partial charge in [0.15, 0.2) is 0 Å². The molecule has 0 saturated carbocycles. The number of hydrogen-bond donors (Lipinski definition) is 2. The monoisotopic (exact) mass is 413 g/mol. The van der Waals surface area contributed by atoms with E-state index in [-0.39, 0.29) is 35.3 Å². The topological polar surface area (TPSA) is 66.4 Å². The van der Waals surface area contributed by atoms with E-state index in [1.807, 2.05) is 0 Å². The molecule has 158 valence electrons. The standard InChI is InChI=1S/C21H43NO3S.Na.H/c1-2-3-4-5-6-7-8-9-10-11-12-13-14-15-16-17-18-19-22-20-21-26(23,24)25;;/h9-10,22H,2-8,11-21H2,1H3,(H,23,24,25);;/b10-9-;;. The molecule has 0 bridgehead atoms. The van der Waals surface area contributed by atoms with Gasteiger partial charge in [-0.05, 0) is 38.6 Å². The van der Waals surface area contributed by atoms with Gasteiger partial charge in [0.2, 0.25) is 0 Å². The second kappa shape index (κ2) is 22.9. The fourth-order valence-corrected chi connectivity index (χ4v) is 3.40. The molecule has 0 rings (SSSR count). The first-order valence-corrected chi connectivity index (χ1v) is 12.5. The van der Waals surface area contributed by atoms with E-state index in [9.17, 15) is 8.42 Å². The quantitative estimate of drug-likeness (QED) is 0.124. The predicted octanol–water partition coefficient (Wildman–Crippen LogP) is 5.24. The van der Waals surface area contributed by atoms with Gasteiger partial charge in [-0.2, -0.15) is 8.42 Å². The van der Waals surface area contributed by atoms with Crippen LogP contribution in [0.5, 0.6) is 0 Å². The summed E-state index contributed by atoms with van der Waals surface area (Å²) >= 11 is 0. The maximum absolute atomic E-state index is 10.5. The summed E-state index contributed by atoms with van der Waals surface area (Å²) in [6.45, 7) is 3.44. The SMILES string of the molecule is CCCCCCCC/C=C\CCCCCCCCCNCCS(=O)(=O)O.[NaH]. The van der Waals surface area contributed by atoms with Gasteiger partial charge in [0.05, 0.1) is 5.75 Å². The van der Waals surface area contributed by atoms with E-state index in [1.165, 1.54) is 89.9 Å². The van der Waals surface area contributed by atoms with Crippen LogP contribution in [0.2, 0.25) is 0 Å². The van der Waals surface area contributed by atoms with Crippen LogP contribution < -0.4 is 5.32 Å². The fourth-order valence-electron chi connectivity index (χ4n) is 3.00. The molecule has 0 fully saturated rings. The third-order valence-corrected chi connectivity index (χ3v) is 5.37. The van der Waals surface area contributed by atoms with Gasteiger partial charge in [-0.3, -0.25) is 4.55 Å². The number of nitrogens with one attached hydrogen (secondary N) is 1. The van der Waals surface area contributed by atoms with Gasteiger partial charge in [0, 0.05) is 6.54 Å². The van der Waals surface area contributed by atoms with Crippen LogP contribution in [0.25, 0.3) is 0 Å². The molecule has 0 spiro atoms. The van der Waals surface area contributed by atoms with Gasteiger partial charge in [-0.25, -0.2) is 0 Å². The second-order valence-electron chi connectivity index (χ2n) is 7.33. The third-order valence-electron chi connectivity index (χ3n) is 4.65. The number of hydrogen-bond acceptors (Lipinski definition) is 3. The van der Waals surface area contributed by atoms with Gasteiger partial charge < -0.3 is 5.32 Å². The summed E-state index contributed by atoms with van der Waals surface area (Å²) in [5, 5.41) is 3.05. The Morgan fingerprint density at radius 1 is 0.704 bits per heavy atom. The van der Waals surface area contributed by atoms with Crippen molar-refractivity contribution in [2.75, 3.05) is 18.8 Å². The van der Waals surface area contributed by atoms with Crippen LogP contribution >= 0.6 is 0 Å². The van der Waals surface area contributed by atoms with Crippen molar-refractivity contribution in [1.82, 2.24) is 5.32 Å². The van der Waals surface area contributed by atoms with Crippen molar-refractivity contribution < 1.29 is 13.0 Å². The van der Waals surface area contributed by atoms with Crippen molar-refractivity contribution in [3.8, 4) is 0 Å². The van der Waals surface area contributed by atoms with Crippen LogP contribution in [0, 0.1) is 0 Å². The summed E-state index contributed by atoms with van der Waals surface area (Å²) in [7, 11) is -3.82. The number of rotatable bonds is 20. The molecule has 0 radical (unpaired) electrons. The Kier molecular flexibility index (Phi) is 25.3. The molecule has 0 aliphatic rings. The summed E-state index contributed by atoms with van der Waals surface area (Å²) in [4.78, 5) is 0. The van der Waals surface area contributed by atoms with E-state index < -0.39 is 10.1 Å². The molecule has 0 aromatic rings. The van der Waals surface area contributed by atoms with Crippen molar-refractivity contribution in [3.63, 3.8) is 0 Å². The Morgan fingerprint density at radius 2 is 1.15 bits per heavy atom. The molecular formula is C21H44NNaO3S. The van der Waals surface area contributed by atoms with Crippen molar-refractivity contribution in [2.45, 2.75) is 103 Å². The Bertz CT molecular complexity index is 414. The Labute approximate surface area is 191 Å². The molecule has 0 aliphatic carbocycles. The van der Waals surface area contributed by atoms with Gasteiger partial charge in [-0.1, -0.05) is 83.3 Å². The molecule has 0 unspecified atom stereocenters. The molecule has 27 heavy (non-hydrogen) atoms. The van der Waals surface area contributed by atoms with E-state index in [4.69, 9.17) is 4.55 Å². The zero-order valence-corrected chi connectivity index (χ0v) is 17.9. The van der Waals surface area contributed by atoms with Gasteiger partial charge in [0.1, 0.15) is 0 Å². The van der Waals surface area contributed by atoms with Crippen molar-refractivity contribution >= 4 is 39.7 Å². The number of allylic oxidation sites excluding steroid dienone is 2. The predicted molar refractivity (Wildman–Crippen MR) is 121 cm³/mol. The van der Waals surface area contributed by atoms with E-state index in [1.54, 1.807) is 0 Å².